The number of ether oxygens (including phenoxy) is 1. The van der Waals surface area contributed by atoms with Gasteiger partial charge in [-0.1, -0.05) is 6.07 Å². The van der Waals surface area contributed by atoms with Crippen molar-refractivity contribution in [3.05, 3.63) is 23.8 Å². The number of amides is 2. The van der Waals surface area contributed by atoms with E-state index in [1.165, 1.54) is 6.42 Å². The van der Waals surface area contributed by atoms with E-state index in [2.05, 4.69) is 0 Å². The number of likely N-dealkylation sites (tertiary alicyclic amines) is 1. The summed E-state index contributed by atoms with van der Waals surface area (Å²) in [5, 5.41) is 0. The van der Waals surface area contributed by atoms with Gasteiger partial charge in [-0.05, 0) is 37.0 Å². The van der Waals surface area contributed by atoms with Gasteiger partial charge in [0.05, 0.1) is 25.1 Å². The fourth-order valence-electron chi connectivity index (χ4n) is 3.04. The number of rotatable bonds is 2. The number of carbonyl (C=O) groups excluding carboxylic acids is 2. The van der Waals surface area contributed by atoms with Gasteiger partial charge in [-0.25, -0.2) is 0 Å². The maximum absolute atomic E-state index is 12.4. The molecule has 1 saturated heterocycles. The molecule has 22 heavy (non-hydrogen) atoms. The molecule has 1 aromatic carbocycles. The summed E-state index contributed by atoms with van der Waals surface area (Å²) in [7, 11) is 1.76. The smallest absolute Gasteiger partial charge is 0.230 e. The van der Waals surface area contributed by atoms with Crippen LogP contribution >= 0.6 is 0 Å². The van der Waals surface area contributed by atoms with Crippen molar-refractivity contribution in [3.8, 4) is 5.75 Å². The summed E-state index contributed by atoms with van der Waals surface area (Å²) in [4.78, 5) is 27.9. The summed E-state index contributed by atoms with van der Waals surface area (Å²) in [6, 6.07) is 5.69. The molecule has 118 valence electrons. The molecule has 0 bridgehead atoms. The Kier molecular flexibility index (Phi) is 4.32. The quantitative estimate of drug-likeness (QED) is 0.839. The number of piperidine rings is 1. The van der Waals surface area contributed by atoms with Crippen molar-refractivity contribution in [1.82, 2.24) is 4.90 Å². The monoisotopic (exact) mass is 302 g/mol. The maximum Gasteiger partial charge on any atom is 0.230 e. The molecule has 0 radical (unpaired) electrons. The fourth-order valence-corrected chi connectivity index (χ4v) is 3.04. The van der Waals surface area contributed by atoms with Crippen LogP contribution in [0.3, 0.4) is 0 Å². The van der Waals surface area contributed by atoms with Crippen LogP contribution in [0, 0.1) is 0 Å². The zero-order valence-electron chi connectivity index (χ0n) is 13.0. The van der Waals surface area contributed by atoms with Crippen molar-refractivity contribution in [1.29, 1.82) is 0 Å². The Bertz CT molecular complexity index is 579. The topological polar surface area (TPSA) is 49.9 Å². The molecule has 2 amide bonds. The molecule has 1 fully saturated rings. The third kappa shape index (κ3) is 3.08. The molecule has 0 spiro atoms. The molecular formula is C17H22N2O3. The Morgan fingerprint density at radius 2 is 2.00 bits per heavy atom. The molecule has 5 nitrogen and oxygen atoms in total. The summed E-state index contributed by atoms with van der Waals surface area (Å²) in [5.41, 5.74) is 1.69. The molecule has 0 aromatic heterocycles. The molecule has 0 unspecified atom stereocenters. The number of nitrogens with zero attached hydrogens (tertiary/aromatic N) is 2. The van der Waals surface area contributed by atoms with Crippen molar-refractivity contribution in [2.75, 3.05) is 31.6 Å². The SMILES string of the molecule is CN1C(=O)CCOc2ccc(CC(=O)N3CCCCC3)cc21. The lowest BCUT2D eigenvalue weighted by molar-refractivity contribution is -0.131. The number of carbonyl (C=O) groups is 2. The zero-order chi connectivity index (χ0) is 15.5. The highest BCUT2D eigenvalue weighted by atomic mass is 16.5. The van der Waals surface area contributed by atoms with Crippen LogP contribution in [0.2, 0.25) is 0 Å². The highest BCUT2D eigenvalue weighted by Crippen LogP contribution is 2.31. The molecule has 2 aliphatic heterocycles. The molecule has 2 heterocycles. The Balaban J connectivity index is 1.76. The normalized spacial score (nSPS) is 18.5. The molecule has 5 heteroatoms. The fraction of sp³-hybridized carbons (Fsp3) is 0.529. The minimum atomic E-state index is 0.0401. The Morgan fingerprint density at radius 1 is 1.23 bits per heavy atom. The Labute approximate surface area is 130 Å². The van der Waals surface area contributed by atoms with Gasteiger partial charge in [0, 0.05) is 20.1 Å². The highest BCUT2D eigenvalue weighted by molar-refractivity contribution is 5.95. The van der Waals surface area contributed by atoms with Crippen LogP contribution < -0.4 is 9.64 Å². The Hall–Kier alpha value is -2.04. The van der Waals surface area contributed by atoms with Gasteiger partial charge in [-0.3, -0.25) is 9.59 Å². The molecule has 0 atom stereocenters. The first kappa shape index (κ1) is 14.9. The lowest BCUT2D eigenvalue weighted by Gasteiger charge is -2.27. The van der Waals surface area contributed by atoms with Gasteiger partial charge in [-0.15, -0.1) is 0 Å². The molecule has 1 aromatic rings. The van der Waals surface area contributed by atoms with E-state index in [0.717, 1.165) is 37.2 Å². The van der Waals surface area contributed by atoms with Crippen molar-refractivity contribution in [2.45, 2.75) is 32.1 Å². The predicted molar refractivity (Wildman–Crippen MR) is 84.1 cm³/mol. The third-order valence-corrected chi connectivity index (χ3v) is 4.40. The minimum absolute atomic E-state index is 0.0401. The second-order valence-electron chi connectivity index (χ2n) is 5.97. The van der Waals surface area contributed by atoms with Crippen LogP contribution in [0.15, 0.2) is 18.2 Å². The van der Waals surface area contributed by atoms with E-state index < -0.39 is 0 Å². The summed E-state index contributed by atoms with van der Waals surface area (Å²) >= 11 is 0. The van der Waals surface area contributed by atoms with E-state index in [0.29, 0.717) is 25.2 Å². The van der Waals surface area contributed by atoms with Crippen LogP contribution in [0.1, 0.15) is 31.2 Å². The van der Waals surface area contributed by atoms with E-state index in [9.17, 15) is 9.59 Å². The number of hydrogen-bond donors (Lipinski definition) is 0. The average molecular weight is 302 g/mol. The molecule has 2 aliphatic rings. The summed E-state index contributed by atoms with van der Waals surface area (Å²) in [5.74, 6) is 0.920. The number of benzene rings is 1. The van der Waals surface area contributed by atoms with Crippen molar-refractivity contribution >= 4 is 17.5 Å². The largest absolute Gasteiger partial charge is 0.491 e. The molecule has 0 aliphatic carbocycles. The van der Waals surface area contributed by atoms with E-state index in [1.54, 1.807) is 11.9 Å². The van der Waals surface area contributed by atoms with E-state index in [4.69, 9.17) is 4.74 Å². The van der Waals surface area contributed by atoms with Crippen LogP contribution in [-0.4, -0.2) is 43.5 Å². The van der Waals surface area contributed by atoms with Gasteiger partial charge in [0.15, 0.2) is 0 Å². The standard InChI is InChI=1S/C17H22N2O3/c1-18-14-11-13(5-6-15(14)22-10-7-16(18)20)12-17(21)19-8-3-2-4-9-19/h5-6,11H,2-4,7-10,12H2,1H3. The second kappa shape index (κ2) is 6.38. The minimum Gasteiger partial charge on any atom is -0.491 e. The Morgan fingerprint density at radius 3 is 2.77 bits per heavy atom. The van der Waals surface area contributed by atoms with Crippen molar-refractivity contribution in [3.63, 3.8) is 0 Å². The van der Waals surface area contributed by atoms with Crippen molar-refractivity contribution in [2.24, 2.45) is 0 Å². The van der Waals surface area contributed by atoms with E-state index in [-0.39, 0.29) is 11.8 Å². The van der Waals surface area contributed by atoms with Gasteiger partial charge in [-0.2, -0.15) is 0 Å². The van der Waals surface area contributed by atoms with Crippen LogP contribution in [0.4, 0.5) is 5.69 Å². The second-order valence-corrected chi connectivity index (χ2v) is 5.97. The van der Waals surface area contributed by atoms with Crippen LogP contribution in [0.5, 0.6) is 5.75 Å². The summed E-state index contributed by atoms with van der Waals surface area (Å²) < 4.78 is 5.61. The van der Waals surface area contributed by atoms with Crippen LogP contribution in [-0.2, 0) is 16.0 Å². The first-order valence-corrected chi connectivity index (χ1v) is 7.95. The van der Waals surface area contributed by atoms with E-state index in [1.807, 2.05) is 23.1 Å². The summed E-state index contributed by atoms with van der Waals surface area (Å²) in [6.45, 7) is 2.14. The molecule has 3 rings (SSSR count). The van der Waals surface area contributed by atoms with Gasteiger partial charge in [0.2, 0.25) is 11.8 Å². The number of hydrogen-bond acceptors (Lipinski definition) is 3. The molecule has 0 N–H and O–H groups in total. The van der Waals surface area contributed by atoms with Gasteiger partial charge < -0.3 is 14.5 Å². The average Bonchev–Trinajstić information content (AvgIpc) is 2.68. The lowest BCUT2D eigenvalue weighted by atomic mass is 10.1. The predicted octanol–water partition coefficient (Wildman–Crippen LogP) is 1.99. The lowest BCUT2D eigenvalue weighted by Crippen LogP contribution is -2.36. The first-order chi connectivity index (χ1) is 10.6. The maximum atomic E-state index is 12.4. The highest BCUT2D eigenvalue weighted by Gasteiger charge is 2.22. The van der Waals surface area contributed by atoms with Crippen molar-refractivity contribution < 1.29 is 14.3 Å². The molecule has 0 saturated carbocycles. The number of fused-ring (bicyclic) bond motifs is 1. The first-order valence-electron chi connectivity index (χ1n) is 7.95. The number of anilines is 1. The van der Waals surface area contributed by atoms with Gasteiger partial charge >= 0.3 is 0 Å². The summed E-state index contributed by atoms with van der Waals surface area (Å²) in [6.07, 6.45) is 4.18. The molecular weight excluding hydrogens is 280 g/mol. The third-order valence-electron chi connectivity index (χ3n) is 4.40. The van der Waals surface area contributed by atoms with Crippen LogP contribution in [0.25, 0.3) is 0 Å². The van der Waals surface area contributed by atoms with Gasteiger partial charge in [0.25, 0.3) is 0 Å². The van der Waals surface area contributed by atoms with E-state index >= 15 is 0 Å². The zero-order valence-corrected chi connectivity index (χ0v) is 13.0. The van der Waals surface area contributed by atoms with Gasteiger partial charge in [0.1, 0.15) is 5.75 Å².